The van der Waals surface area contributed by atoms with E-state index in [-0.39, 0.29) is 46.2 Å². The van der Waals surface area contributed by atoms with E-state index in [9.17, 15) is 24.6 Å². The Morgan fingerprint density at radius 2 is 1.97 bits per heavy atom. The van der Waals surface area contributed by atoms with Gasteiger partial charge in [-0.15, -0.1) is 0 Å². The van der Waals surface area contributed by atoms with Crippen molar-refractivity contribution in [2.75, 3.05) is 0 Å². The normalized spacial score (nSPS) is 25.2. The van der Waals surface area contributed by atoms with Crippen LogP contribution in [0.5, 0.6) is 11.5 Å². The fourth-order valence-corrected chi connectivity index (χ4v) is 4.56. The lowest BCUT2D eigenvalue weighted by Gasteiger charge is -2.45. The number of ketones is 1. The average Bonchev–Trinajstić information content (AvgIpc) is 2.68. The van der Waals surface area contributed by atoms with Gasteiger partial charge < -0.3 is 14.9 Å². The maximum atomic E-state index is 12.4. The van der Waals surface area contributed by atoms with Crippen molar-refractivity contribution in [3.8, 4) is 11.5 Å². The van der Waals surface area contributed by atoms with Gasteiger partial charge in [-0.2, -0.15) is 0 Å². The average molecular weight is 431 g/mol. The second kappa shape index (κ2) is 9.67. The number of aromatic hydroxyl groups is 2. The molecule has 1 aromatic rings. The highest BCUT2D eigenvalue weighted by atomic mass is 16.5. The Balaban J connectivity index is 2.35. The lowest BCUT2D eigenvalue weighted by Crippen LogP contribution is -2.44. The van der Waals surface area contributed by atoms with Gasteiger partial charge in [0.25, 0.3) is 0 Å². The Hall–Kier alpha value is -2.63. The predicted octanol–water partition coefficient (Wildman–Crippen LogP) is 4.67. The fraction of sp³-hybridized carbons (Fsp3) is 0.560. The van der Waals surface area contributed by atoms with Crippen molar-refractivity contribution in [3.05, 3.63) is 34.4 Å². The van der Waals surface area contributed by atoms with E-state index < -0.39 is 12.1 Å². The van der Waals surface area contributed by atoms with E-state index in [1.807, 2.05) is 13.8 Å². The van der Waals surface area contributed by atoms with Crippen LogP contribution >= 0.6 is 0 Å². The van der Waals surface area contributed by atoms with Crippen LogP contribution in [0.4, 0.5) is 0 Å². The topological polar surface area (TPSA) is 101 Å². The zero-order valence-corrected chi connectivity index (χ0v) is 19.3. The first-order valence-electron chi connectivity index (χ1n) is 10.8. The summed E-state index contributed by atoms with van der Waals surface area (Å²) in [4.78, 5) is 35.5. The zero-order chi connectivity index (χ0) is 23.5. The van der Waals surface area contributed by atoms with E-state index >= 15 is 0 Å². The molecule has 1 aromatic carbocycles. The molecule has 6 heteroatoms. The maximum absolute atomic E-state index is 12.4. The van der Waals surface area contributed by atoms with Crippen molar-refractivity contribution in [3.63, 3.8) is 0 Å². The number of esters is 1. The molecule has 0 bridgehead atoms. The van der Waals surface area contributed by atoms with Crippen LogP contribution in [0, 0.1) is 24.2 Å². The number of carbonyl (C=O) groups is 3. The highest BCUT2D eigenvalue weighted by Crippen LogP contribution is 2.47. The van der Waals surface area contributed by atoms with E-state index in [4.69, 9.17) is 4.74 Å². The quantitative estimate of drug-likeness (QED) is 0.370. The highest BCUT2D eigenvalue weighted by Gasteiger charge is 2.45. The first-order valence-corrected chi connectivity index (χ1v) is 10.8. The summed E-state index contributed by atoms with van der Waals surface area (Å²) in [5, 5.41) is 20.7. The van der Waals surface area contributed by atoms with Crippen LogP contribution in [0.25, 0.3) is 0 Å². The van der Waals surface area contributed by atoms with Crippen molar-refractivity contribution >= 4 is 18.0 Å². The molecule has 1 fully saturated rings. The van der Waals surface area contributed by atoms with E-state index in [0.29, 0.717) is 30.6 Å². The molecule has 0 amide bonds. The number of hydrogen-bond acceptors (Lipinski definition) is 6. The number of allylic oxidation sites excluding steroid dienone is 1. The Labute approximate surface area is 184 Å². The molecule has 0 radical (unpaired) electrons. The Bertz CT molecular complexity index is 900. The number of hydrogen-bond donors (Lipinski definition) is 2. The number of benzene rings is 1. The smallest absolute Gasteiger partial charge is 0.303 e. The van der Waals surface area contributed by atoms with Gasteiger partial charge in [-0.25, -0.2) is 0 Å². The Morgan fingerprint density at radius 3 is 2.55 bits per heavy atom. The Kier molecular flexibility index (Phi) is 7.68. The molecule has 0 aliphatic heterocycles. The van der Waals surface area contributed by atoms with Gasteiger partial charge in [-0.3, -0.25) is 14.4 Å². The number of carbonyl (C=O) groups excluding carboxylic acids is 3. The maximum Gasteiger partial charge on any atom is 0.303 e. The summed E-state index contributed by atoms with van der Waals surface area (Å²) in [6.07, 6.45) is 3.90. The molecule has 31 heavy (non-hydrogen) atoms. The summed E-state index contributed by atoms with van der Waals surface area (Å²) in [6, 6.07) is 1.45. The monoisotopic (exact) mass is 430 g/mol. The molecular weight excluding hydrogens is 396 g/mol. The van der Waals surface area contributed by atoms with Crippen LogP contribution in [0.2, 0.25) is 0 Å². The summed E-state index contributed by atoms with van der Waals surface area (Å²) in [5.41, 5.74) is 1.33. The molecule has 1 saturated carbocycles. The standard InChI is InChI=1S/C25H34O6/c1-14(7-9-19-22(29)11-15(2)20(13-26)24(19)30)23(31-18(5)27)12-25(6)16(3)8-10-21(28)17(25)4/h7,11,13,16-17,23,29-30H,8-10,12H2,1-6H3/b14-7+/t16-,17+,23-,25+/m1/s1. The molecule has 0 spiro atoms. The number of ether oxygens (including phenoxy) is 1. The molecule has 170 valence electrons. The highest BCUT2D eigenvalue weighted by molar-refractivity contribution is 5.83. The van der Waals surface area contributed by atoms with Crippen molar-refractivity contribution in [2.24, 2.45) is 17.3 Å². The van der Waals surface area contributed by atoms with Crippen molar-refractivity contribution < 1.29 is 29.3 Å². The molecule has 6 nitrogen and oxygen atoms in total. The molecule has 4 atom stereocenters. The van der Waals surface area contributed by atoms with E-state index in [0.717, 1.165) is 12.0 Å². The summed E-state index contributed by atoms with van der Waals surface area (Å²) >= 11 is 0. The molecular formula is C25H34O6. The van der Waals surface area contributed by atoms with E-state index in [1.165, 1.54) is 13.0 Å². The van der Waals surface area contributed by atoms with Gasteiger partial charge in [-0.05, 0) is 61.6 Å². The molecule has 0 heterocycles. The number of aryl methyl sites for hydroxylation is 1. The minimum atomic E-state index is -0.529. The molecule has 0 unspecified atom stereocenters. The third kappa shape index (κ3) is 5.17. The number of Topliss-reactive ketones (excluding diaryl/α,β-unsaturated/α-hetero) is 1. The number of phenolic OH excluding ortho intramolecular Hbond substituents is 2. The second-order valence-corrected chi connectivity index (χ2v) is 9.16. The van der Waals surface area contributed by atoms with Gasteiger partial charge in [0.05, 0.1) is 5.56 Å². The molecule has 0 aromatic heterocycles. The number of aldehydes is 1. The number of rotatable bonds is 7. The third-order valence-electron chi connectivity index (χ3n) is 7.24. The summed E-state index contributed by atoms with van der Waals surface area (Å²) in [7, 11) is 0. The molecule has 2 N–H and O–H groups in total. The SMILES string of the molecule is CC(=O)O[C@H](C[C@@]1(C)[C@H](C)CCC(=O)[C@@H]1C)/C(C)=C/Cc1c(O)cc(C)c(C=O)c1O. The third-order valence-corrected chi connectivity index (χ3v) is 7.24. The van der Waals surface area contributed by atoms with Crippen LogP contribution in [-0.4, -0.2) is 34.4 Å². The lowest BCUT2D eigenvalue weighted by molar-refractivity contribution is -0.148. The van der Waals surface area contributed by atoms with Gasteiger partial charge >= 0.3 is 5.97 Å². The van der Waals surface area contributed by atoms with Gasteiger partial charge in [0.1, 0.15) is 23.4 Å². The van der Waals surface area contributed by atoms with Crippen LogP contribution in [0.1, 0.15) is 75.4 Å². The molecule has 1 aliphatic rings. The first-order chi connectivity index (χ1) is 14.4. The molecule has 0 saturated heterocycles. The van der Waals surface area contributed by atoms with Gasteiger partial charge in [0, 0.05) is 24.8 Å². The summed E-state index contributed by atoms with van der Waals surface area (Å²) in [6.45, 7) is 11.0. The molecule has 2 rings (SSSR count). The number of phenols is 2. The zero-order valence-electron chi connectivity index (χ0n) is 19.3. The van der Waals surface area contributed by atoms with Gasteiger partial charge in [-0.1, -0.05) is 26.8 Å². The van der Waals surface area contributed by atoms with Crippen LogP contribution < -0.4 is 0 Å². The largest absolute Gasteiger partial charge is 0.508 e. The summed E-state index contributed by atoms with van der Waals surface area (Å²) in [5.74, 6) is -0.352. The minimum Gasteiger partial charge on any atom is -0.508 e. The Morgan fingerprint density at radius 1 is 1.32 bits per heavy atom. The summed E-state index contributed by atoms with van der Waals surface area (Å²) < 4.78 is 5.63. The van der Waals surface area contributed by atoms with Crippen LogP contribution in [-0.2, 0) is 20.7 Å². The van der Waals surface area contributed by atoms with E-state index in [1.54, 1.807) is 13.0 Å². The predicted molar refractivity (Wildman–Crippen MR) is 118 cm³/mol. The van der Waals surface area contributed by atoms with Gasteiger partial charge in [0.15, 0.2) is 6.29 Å². The first kappa shape index (κ1) is 24.6. The van der Waals surface area contributed by atoms with Crippen LogP contribution in [0.15, 0.2) is 17.7 Å². The minimum absolute atomic E-state index is 0.0965. The van der Waals surface area contributed by atoms with Crippen molar-refractivity contribution in [1.82, 2.24) is 0 Å². The van der Waals surface area contributed by atoms with E-state index in [2.05, 4.69) is 13.8 Å². The fourth-order valence-electron chi connectivity index (χ4n) is 4.56. The van der Waals surface area contributed by atoms with Crippen molar-refractivity contribution in [2.45, 2.75) is 73.3 Å². The lowest BCUT2D eigenvalue weighted by atomic mass is 9.59. The van der Waals surface area contributed by atoms with Crippen LogP contribution in [0.3, 0.4) is 0 Å². The van der Waals surface area contributed by atoms with Crippen molar-refractivity contribution in [1.29, 1.82) is 0 Å². The second-order valence-electron chi connectivity index (χ2n) is 9.16. The van der Waals surface area contributed by atoms with Gasteiger partial charge in [0.2, 0.25) is 0 Å². The molecule has 1 aliphatic carbocycles.